The summed E-state index contributed by atoms with van der Waals surface area (Å²) in [5.74, 6) is 0.823. The van der Waals surface area contributed by atoms with Crippen molar-refractivity contribution in [1.29, 1.82) is 0 Å². The van der Waals surface area contributed by atoms with Crippen molar-refractivity contribution in [3.8, 4) is 0 Å². The molecule has 14 heavy (non-hydrogen) atoms. The number of aldehydes is 1. The van der Waals surface area contributed by atoms with Crippen molar-refractivity contribution >= 4 is 6.29 Å². The van der Waals surface area contributed by atoms with E-state index in [0.717, 1.165) is 12.1 Å². The smallest absolute Gasteiger partial charge is 0.166 e. The fourth-order valence-electron chi connectivity index (χ4n) is 1.28. The van der Waals surface area contributed by atoms with Crippen molar-refractivity contribution in [1.82, 2.24) is 19.3 Å². The van der Waals surface area contributed by atoms with Gasteiger partial charge in [-0.25, -0.2) is 0 Å². The summed E-state index contributed by atoms with van der Waals surface area (Å²) in [6.45, 7) is 0.567. The highest BCUT2D eigenvalue weighted by molar-refractivity contribution is 5.72. The van der Waals surface area contributed by atoms with E-state index >= 15 is 0 Å². The van der Waals surface area contributed by atoms with E-state index in [1.165, 1.54) is 0 Å². The van der Waals surface area contributed by atoms with Gasteiger partial charge in [0.1, 0.15) is 6.33 Å². The van der Waals surface area contributed by atoms with Crippen LogP contribution in [0.2, 0.25) is 0 Å². The van der Waals surface area contributed by atoms with Crippen LogP contribution in [0.3, 0.4) is 0 Å². The molecule has 2 aromatic heterocycles. The third-order valence-electron chi connectivity index (χ3n) is 2.10. The predicted octanol–water partition coefficient (Wildman–Crippen LogP) is 0.477. The molecule has 2 heterocycles. The van der Waals surface area contributed by atoms with Crippen molar-refractivity contribution < 1.29 is 4.79 Å². The van der Waals surface area contributed by atoms with Crippen LogP contribution in [0.5, 0.6) is 0 Å². The fourth-order valence-corrected chi connectivity index (χ4v) is 1.28. The Morgan fingerprint density at radius 1 is 1.57 bits per heavy atom. The van der Waals surface area contributed by atoms with Gasteiger partial charge in [0, 0.05) is 13.2 Å². The minimum atomic E-state index is 0.567. The molecule has 0 N–H and O–H groups in total. The van der Waals surface area contributed by atoms with E-state index < -0.39 is 0 Å². The monoisotopic (exact) mass is 190 g/mol. The third-order valence-corrected chi connectivity index (χ3v) is 2.10. The highest BCUT2D eigenvalue weighted by Gasteiger charge is 2.04. The van der Waals surface area contributed by atoms with Gasteiger partial charge in [-0.15, -0.1) is 10.2 Å². The predicted molar refractivity (Wildman–Crippen MR) is 49.9 cm³/mol. The number of aromatic nitrogens is 4. The fraction of sp³-hybridized carbons (Fsp3) is 0.222. The van der Waals surface area contributed by atoms with Crippen LogP contribution < -0.4 is 0 Å². The average molecular weight is 190 g/mol. The number of hydrogen-bond donors (Lipinski definition) is 0. The first-order valence-corrected chi connectivity index (χ1v) is 4.24. The molecule has 0 saturated heterocycles. The summed E-state index contributed by atoms with van der Waals surface area (Å²) in [6, 6.07) is 3.60. The molecule has 0 bridgehead atoms. The Kier molecular flexibility index (Phi) is 2.14. The third kappa shape index (κ3) is 1.44. The van der Waals surface area contributed by atoms with Gasteiger partial charge in [-0.2, -0.15) is 0 Å². The molecule has 0 atom stereocenters. The molecule has 0 aliphatic carbocycles. The van der Waals surface area contributed by atoms with E-state index in [2.05, 4.69) is 10.2 Å². The normalized spacial score (nSPS) is 10.4. The highest BCUT2D eigenvalue weighted by atomic mass is 16.1. The maximum atomic E-state index is 10.6. The zero-order chi connectivity index (χ0) is 9.97. The maximum Gasteiger partial charge on any atom is 0.166 e. The molecule has 0 spiro atoms. The topological polar surface area (TPSA) is 52.7 Å². The van der Waals surface area contributed by atoms with Gasteiger partial charge < -0.3 is 9.13 Å². The first-order valence-electron chi connectivity index (χ1n) is 4.24. The molecule has 5 heteroatoms. The molecule has 2 rings (SSSR count). The van der Waals surface area contributed by atoms with Gasteiger partial charge in [-0.1, -0.05) is 0 Å². The lowest BCUT2D eigenvalue weighted by molar-refractivity contribution is 0.111. The Hall–Kier alpha value is -1.91. The molecule has 0 radical (unpaired) electrons. The second-order valence-corrected chi connectivity index (χ2v) is 3.04. The molecule has 0 aliphatic heterocycles. The van der Waals surface area contributed by atoms with E-state index in [4.69, 9.17) is 0 Å². The summed E-state index contributed by atoms with van der Waals surface area (Å²) < 4.78 is 3.66. The number of nitrogens with zero attached hydrogens (tertiary/aromatic N) is 4. The Balaban J connectivity index is 2.27. The molecule has 5 nitrogen and oxygen atoms in total. The van der Waals surface area contributed by atoms with Crippen LogP contribution in [0.25, 0.3) is 0 Å². The van der Waals surface area contributed by atoms with Crippen LogP contribution in [0.4, 0.5) is 0 Å². The van der Waals surface area contributed by atoms with Crippen LogP contribution in [-0.2, 0) is 13.6 Å². The zero-order valence-corrected chi connectivity index (χ0v) is 7.79. The first-order chi connectivity index (χ1) is 6.81. The average Bonchev–Trinajstić information content (AvgIpc) is 2.77. The molecule has 0 aromatic carbocycles. The van der Waals surface area contributed by atoms with Gasteiger partial charge in [0.2, 0.25) is 0 Å². The van der Waals surface area contributed by atoms with E-state index in [1.54, 1.807) is 12.4 Å². The Bertz CT molecular complexity index is 443. The van der Waals surface area contributed by atoms with Gasteiger partial charge in [-0.3, -0.25) is 4.79 Å². The van der Waals surface area contributed by atoms with Gasteiger partial charge in [0.25, 0.3) is 0 Å². The molecule has 0 fully saturated rings. The summed E-state index contributed by atoms with van der Waals surface area (Å²) in [5.41, 5.74) is 0.646. The van der Waals surface area contributed by atoms with Crippen LogP contribution >= 0.6 is 0 Å². The molecule has 72 valence electrons. The summed E-state index contributed by atoms with van der Waals surface area (Å²) >= 11 is 0. The van der Waals surface area contributed by atoms with Crippen molar-refractivity contribution in [2.75, 3.05) is 0 Å². The molecule has 0 aliphatic rings. The Morgan fingerprint density at radius 3 is 3.07 bits per heavy atom. The van der Waals surface area contributed by atoms with Crippen LogP contribution in [-0.4, -0.2) is 25.6 Å². The second kappa shape index (κ2) is 3.45. The Morgan fingerprint density at radius 2 is 2.43 bits per heavy atom. The minimum absolute atomic E-state index is 0.567. The standard InChI is InChI=1S/C9H10N4O/c1-12-7-10-11-9(12)5-13-4-2-3-8(13)6-14/h2-4,6-7H,5H2,1H3. The van der Waals surface area contributed by atoms with Crippen molar-refractivity contribution in [2.24, 2.45) is 7.05 Å². The lowest BCUT2D eigenvalue weighted by Crippen LogP contribution is -2.07. The largest absolute Gasteiger partial charge is 0.338 e. The van der Waals surface area contributed by atoms with E-state index in [0.29, 0.717) is 12.2 Å². The molecule has 0 saturated carbocycles. The zero-order valence-electron chi connectivity index (χ0n) is 7.79. The first kappa shape index (κ1) is 8.68. The summed E-state index contributed by atoms with van der Waals surface area (Å²) in [6.07, 6.45) is 4.31. The van der Waals surface area contributed by atoms with Crippen LogP contribution in [0.1, 0.15) is 16.3 Å². The van der Waals surface area contributed by atoms with Gasteiger partial charge in [-0.05, 0) is 12.1 Å². The molecule has 0 unspecified atom stereocenters. The number of aryl methyl sites for hydroxylation is 1. The quantitative estimate of drug-likeness (QED) is 0.661. The lowest BCUT2D eigenvalue weighted by atomic mass is 10.4. The molecule has 0 amide bonds. The second-order valence-electron chi connectivity index (χ2n) is 3.04. The number of carbonyl (C=O) groups excluding carboxylic acids is 1. The number of carbonyl (C=O) groups is 1. The molecule has 2 aromatic rings. The van der Waals surface area contributed by atoms with Crippen molar-refractivity contribution in [3.63, 3.8) is 0 Å². The van der Waals surface area contributed by atoms with E-state index in [1.807, 2.05) is 28.4 Å². The minimum Gasteiger partial charge on any atom is -0.338 e. The molecular weight excluding hydrogens is 180 g/mol. The van der Waals surface area contributed by atoms with Crippen molar-refractivity contribution in [2.45, 2.75) is 6.54 Å². The summed E-state index contributed by atoms with van der Waals surface area (Å²) in [5, 5.41) is 7.71. The number of rotatable bonds is 3. The van der Waals surface area contributed by atoms with E-state index in [-0.39, 0.29) is 0 Å². The SMILES string of the molecule is Cn1cnnc1Cn1cccc1C=O. The van der Waals surface area contributed by atoms with Crippen LogP contribution in [0, 0.1) is 0 Å². The number of hydrogen-bond acceptors (Lipinski definition) is 3. The summed E-state index contributed by atoms with van der Waals surface area (Å²) in [4.78, 5) is 10.6. The van der Waals surface area contributed by atoms with Gasteiger partial charge >= 0.3 is 0 Å². The maximum absolute atomic E-state index is 10.6. The van der Waals surface area contributed by atoms with Gasteiger partial charge in [0.15, 0.2) is 12.1 Å². The lowest BCUT2D eigenvalue weighted by Gasteiger charge is -2.03. The van der Waals surface area contributed by atoms with Crippen LogP contribution in [0.15, 0.2) is 24.7 Å². The summed E-state index contributed by atoms with van der Waals surface area (Å²) in [7, 11) is 1.87. The van der Waals surface area contributed by atoms with Gasteiger partial charge in [0.05, 0.1) is 12.2 Å². The highest BCUT2D eigenvalue weighted by Crippen LogP contribution is 2.02. The molecular formula is C9H10N4O. The van der Waals surface area contributed by atoms with Crippen molar-refractivity contribution in [3.05, 3.63) is 36.2 Å². The van der Waals surface area contributed by atoms with E-state index in [9.17, 15) is 4.79 Å². The Labute approximate surface area is 81.0 Å².